The zero-order chi connectivity index (χ0) is 18.6. The van der Waals surface area contributed by atoms with Crippen LogP contribution in [0.5, 0.6) is 11.5 Å². The number of hydrogen-bond donors (Lipinski definition) is 1. The number of amides is 1. The molecule has 7 heteroatoms. The van der Waals surface area contributed by atoms with Crippen LogP contribution in [0.3, 0.4) is 0 Å². The number of hydrogen-bond acceptors (Lipinski definition) is 5. The SMILES string of the molecule is CCc1c(C(=O)Nc2ccc3c(c2)OCCCO3)cnn1-c1ccccn1. The lowest BCUT2D eigenvalue weighted by Crippen LogP contribution is -2.14. The molecule has 1 aliphatic rings. The average molecular weight is 364 g/mol. The Labute approximate surface area is 156 Å². The Morgan fingerprint density at radius 2 is 2.04 bits per heavy atom. The van der Waals surface area contributed by atoms with Gasteiger partial charge in [-0.05, 0) is 30.7 Å². The smallest absolute Gasteiger partial charge is 0.259 e. The monoisotopic (exact) mass is 364 g/mol. The van der Waals surface area contributed by atoms with Crippen LogP contribution in [0.2, 0.25) is 0 Å². The predicted molar refractivity (Wildman–Crippen MR) is 101 cm³/mol. The quantitative estimate of drug-likeness (QED) is 0.769. The van der Waals surface area contributed by atoms with Gasteiger partial charge in [-0.2, -0.15) is 5.10 Å². The largest absolute Gasteiger partial charge is 0.490 e. The lowest BCUT2D eigenvalue weighted by Gasteiger charge is -2.11. The van der Waals surface area contributed by atoms with Gasteiger partial charge in [-0.15, -0.1) is 0 Å². The van der Waals surface area contributed by atoms with E-state index in [9.17, 15) is 4.79 Å². The van der Waals surface area contributed by atoms with Gasteiger partial charge in [0.1, 0.15) is 0 Å². The second-order valence-electron chi connectivity index (χ2n) is 6.12. The molecule has 1 aliphatic heterocycles. The topological polar surface area (TPSA) is 78.3 Å². The zero-order valence-electron chi connectivity index (χ0n) is 15.0. The van der Waals surface area contributed by atoms with E-state index in [2.05, 4.69) is 15.4 Å². The Morgan fingerprint density at radius 1 is 1.19 bits per heavy atom. The van der Waals surface area contributed by atoms with Gasteiger partial charge in [0.2, 0.25) is 0 Å². The van der Waals surface area contributed by atoms with Gasteiger partial charge >= 0.3 is 0 Å². The molecule has 0 saturated carbocycles. The molecule has 2 aromatic heterocycles. The van der Waals surface area contributed by atoms with Crippen LogP contribution < -0.4 is 14.8 Å². The van der Waals surface area contributed by atoms with Crippen LogP contribution in [0.25, 0.3) is 5.82 Å². The minimum Gasteiger partial charge on any atom is -0.490 e. The van der Waals surface area contributed by atoms with E-state index in [1.54, 1.807) is 29.2 Å². The average Bonchev–Trinajstić information content (AvgIpc) is 3.00. The van der Waals surface area contributed by atoms with E-state index in [0.717, 1.165) is 12.1 Å². The number of ether oxygens (including phenoxy) is 2. The number of anilines is 1. The predicted octanol–water partition coefficient (Wildman–Crippen LogP) is 3.24. The molecule has 0 fully saturated rings. The van der Waals surface area contributed by atoms with Gasteiger partial charge in [0, 0.05) is 24.4 Å². The van der Waals surface area contributed by atoms with Crippen molar-refractivity contribution >= 4 is 11.6 Å². The summed E-state index contributed by atoms with van der Waals surface area (Å²) in [6, 6.07) is 11.0. The van der Waals surface area contributed by atoms with Gasteiger partial charge in [-0.1, -0.05) is 13.0 Å². The summed E-state index contributed by atoms with van der Waals surface area (Å²) in [4.78, 5) is 17.1. The number of pyridine rings is 1. The summed E-state index contributed by atoms with van der Waals surface area (Å²) in [6.07, 6.45) is 4.77. The van der Waals surface area contributed by atoms with Crippen LogP contribution in [0.15, 0.2) is 48.8 Å². The Balaban J connectivity index is 1.59. The third-order valence-corrected chi connectivity index (χ3v) is 4.32. The van der Waals surface area contributed by atoms with Gasteiger partial charge in [-0.25, -0.2) is 9.67 Å². The van der Waals surface area contributed by atoms with Crippen LogP contribution in [0.4, 0.5) is 5.69 Å². The molecule has 1 amide bonds. The summed E-state index contributed by atoms with van der Waals surface area (Å²) in [5.74, 6) is 1.81. The molecule has 4 rings (SSSR count). The third kappa shape index (κ3) is 3.48. The van der Waals surface area contributed by atoms with Gasteiger partial charge < -0.3 is 14.8 Å². The molecular formula is C20H20N4O3. The second kappa shape index (κ2) is 7.49. The van der Waals surface area contributed by atoms with Gasteiger partial charge in [-0.3, -0.25) is 4.79 Å². The lowest BCUT2D eigenvalue weighted by atomic mass is 10.2. The van der Waals surface area contributed by atoms with Crippen molar-refractivity contribution in [1.29, 1.82) is 0 Å². The Kier molecular flexibility index (Phi) is 4.74. The summed E-state index contributed by atoms with van der Waals surface area (Å²) in [7, 11) is 0. The Bertz CT molecular complexity index is 953. The fourth-order valence-electron chi connectivity index (χ4n) is 3.02. The van der Waals surface area contributed by atoms with Crippen molar-refractivity contribution in [3.8, 4) is 17.3 Å². The maximum absolute atomic E-state index is 12.8. The highest BCUT2D eigenvalue weighted by atomic mass is 16.5. The first-order valence-electron chi connectivity index (χ1n) is 8.95. The normalized spacial score (nSPS) is 13.1. The molecular weight excluding hydrogens is 344 g/mol. The maximum Gasteiger partial charge on any atom is 0.259 e. The molecule has 0 saturated heterocycles. The first-order valence-corrected chi connectivity index (χ1v) is 8.95. The van der Waals surface area contributed by atoms with Crippen LogP contribution in [0.1, 0.15) is 29.4 Å². The molecule has 7 nitrogen and oxygen atoms in total. The summed E-state index contributed by atoms with van der Waals surface area (Å²) in [5.41, 5.74) is 1.98. The van der Waals surface area contributed by atoms with Crippen molar-refractivity contribution in [2.24, 2.45) is 0 Å². The fourth-order valence-corrected chi connectivity index (χ4v) is 3.02. The molecule has 1 N–H and O–H groups in total. The summed E-state index contributed by atoms with van der Waals surface area (Å²) < 4.78 is 13.0. The second-order valence-corrected chi connectivity index (χ2v) is 6.12. The molecule has 0 radical (unpaired) electrons. The summed E-state index contributed by atoms with van der Waals surface area (Å²) in [5, 5.41) is 7.27. The molecule has 0 bridgehead atoms. The van der Waals surface area contributed by atoms with Crippen molar-refractivity contribution in [1.82, 2.24) is 14.8 Å². The number of rotatable bonds is 4. The minimum atomic E-state index is -0.219. The molecule has 3 heterocycles. The van der Waals surface area contributed by atoms with Crippen LogP contribution in [-0.2, 0) is 6.42 Å². The first kappa shape index (κ1) is 17.1. The van der Waals surface area contributed by atoms with Crippen LogP contribution in [0, 0.1) is 0 Å². The number of nitrogens with zero attached hydrogens (tertiary/aromatic N) is 3. The molecule has 1 aromatic carbocycles. The number of fused-ring (bicyclic) bond motifs is 1. The van der Waals surface area contributed by atoms with Gasteiger partial charge in [0.15, 0.2) is 17.3 Å². The molecule has 0 spiro atoms. The van der Waals surface area contributed by atoms with E-state index < -0.39 is 0 Å². The van der Waals surface area contributed by atoms with Crippen LogP contribution in [-0.4, -0.2) is 33.9 Å². The minimum absolute atomic E-state index is 0.219. The number of aromatic nitrogens is 3. The van der Waals surface area contributed by atoms with Crippen molar-refractivity contribution in [3.63, 3.8) is 0 Å². The van der Waals surface area contributed by atoms with E-state index in [0.29, 0.717) is 48.2 Å². The van der Waals surface area contributed by atoms with Crippen LogP contribution >= 0.6 is 0 Å². The highest BCUT2D eigenvalue weighted by Gasteiger charge is 2.19. The maximum atomic E-state index is 12.8. The number of carbonyl (C=O) groups excluding carboxylic acids is 1. The third-order valence-electron chi connectivity index (χ3n) is 4.32. The molecule has 0 unspecified atom stereocenters. The van der Waals surface area contributed by atoms with E-state index in [-0.39, 0.29) is 5.91 Å². The van der Waals surface area contributed by atoms with E-state index >= 15 is 0 Å². The molecule has 138 valence electrons. The number of carbonyl (C=O) groups is 1. The Hall–Kier alpha value is -3.35. The Morgan fingerprint density at radius 3 is 2.81 bits per heavy atom. The highest BCUT2D eigenvalue weighted by Crippen LogP contribution is 2.32. The highest BCUT2D eigenvalue weighted by molar-refractivity contribution is 6.05. The molecule has 0 atom stereocenters. The molecule has 27 heavy (non-hydrogen) atoms. The van der Waals surface area contributed by atoms with Crippen molar-refractivity contribution in [3.05, 3.63) is 60.0 Å². The van der Waals surface area contributed by atoms with Crippen molar-refractivity contribution < 1.29 is 14.3 Å². The standard InChI is InChI=1S/C20H20N4O3/c1-2-16-15(13-22-24(16)19-6-3-4-9-21-19)20(25)23-14-7-8-17-18(12-14)27-11-5-10-26-17/h3-4,6-9,12-13H,2,5,10-11H2,1H3,(H,23,25). The van der Waals surface area contributed by atoms with E-state index in [4.69, 9.17) is 9.47 Å². The van der Waals surface area contributed by atoms with E-state index in [1.165, 1.54) is 0 Å². The lowest BCUT2D eigenvalue weighted by molar-refractivity contribution is 0.102. The van der Waals surface area contributed by atoms with Crippen molar-refractivity contribution in [2.75, 3.05) is 18.5 Å². The summed E-state index contributed by atoms with van der Waals surface area (Å²) >= 11 is 0. The fraction of sp³-hybridized carbons (Fsp3) is 0.250. The van der Waals surface area contributed by atoms with E-state index in [1.807, 2.05) is 31.2 Å². The van der Waals surface area contributed by atoms with Crippen molar-refractivity contribution in [2.45, 2.75) is 19.8 Å². The molecule has 0 aliphatic carbocycles. The first-order chi connectivity index (χ1) is 13.3. The summed E-state index contributed by atoms with van der Waals surface area (Å²) in [6.45, 7) is 3.22. The molecule has 3 aromatic rings. The number of benzene rings is 1. The van der Waals surface area contributed by atoms with Gasteiger partial charge in [0.05, 0.1) is 30.7 Å². The number of nitrogens with one attached hydrogen (secondary N) is 1. The van der Waals surface area contributed by atoms with Gasteiger partial charge in [0.25, 0.3) is 5.91 Å². The zero-order valence-corrected chi connectivity index (χ0v) is 15.0.